The molecule has 38 heavy (non-hydrogen) atoms. The van der Waals surface area contributed by atoms with E-state index in [1.54, 1.807) is 24.0 Å². The quantitative estimate of drug-likeness (QED) is 0.329. The Hall–Kier alpha value is -4.35. The number of hydrogen-bond acceptors (Lipinski definition) is 6. The molecule has 1 aromatic heterocycles. The van der Waals surface area contributed by atoms with Crippen LogP contribution in [0.2, 0.25) is 0 Å². The van der Waals surface area contributed by atoms with Crippen LogP contribution in [0.3, 0.4) is 0 Å². The summed E-state index contributed by atoms with van der Waals surface area (Å²) in [6.07, 6.45) is 1.27. The number of furan rings is 1. The third-order valence-electron chi connectivity index (χ3n) is 7.24. The Bertz CT molecular complexity index is 1420. The molecule has 0 bridgehead atoms. The van der Waals surface area contributed by atoms with Gasteiger partial charge in [0.2, 0.25) is 0 Å². The average Bonchev–Trinajstić information content (AvgIpc) is 3.55. The van der Waals surface area contributed by atoms with Gasteiger partial charge in [0, 0.05) is 42.8 Å². The molecule has 2 aliphatic rings. The maximum absolute atomic E-state index is 13.2. The van der Waals surface area contributed by atoms with Crippen molar-refractivity contribution in [3.05, 3.63) is 88.9 Å². The maximum Gasteiger partial charge on any atom is 0.397 e. The second-order valence-electron chi connectivity index (χ2n) is 9.52. The monoisotopic (exact) mass is 511 g/mol. The fraction of sp³-hybridized carbons (Fsp3) is 0.300. The molecule has 8 heteroatoms. The van der Waals surface area contributed by atoms with E-state index < -0.39 is 11.9 Å². The number of amides is 2. The first kappa shape index (κ1) is 25.3. The van der Waals surface area contributed by atoms with E-state index in [-0.39, 0.29) is 23.7 Å². The Morgan fingerprint density at radius 2 is 1.79 bits per heavy atom. The minimum Gasteiger partial charge on any atom is -0.459 e. The lowest BCUT2D eigenvalue weighted by atomic mass is 9.74. The van der Waals surface area contributed by atoms with Crippen LogP contribution >= 0.6 is 0 Å². The maximum atomic E-state index is 13.2. The first-order chi connectivity index (χ1) is 18.4. The van der Waals surface area contributed by atoms with Crippen LogP contribution in [-0.4, -0.2) is 48.9 Å². The summed E-state index contributed by atoms with van der Waals surface area (Å²) in [5.41, 5.74) is 9.02. The smallest absolute Gasteiger partial charge is 0.397 e. The van der Waals surface area contributed by atoms with E-state index in [0.717, 1.165) is 16.7 Å². The molecule has 194 valence electrons. The first-order valence-corrected chi connectivity index (χ1v) is 12.7. The zero-order valence-electron chi connectivity index (χ0n) is 21.2. The highest BCUT2D eigenvalue weighted by Crippen LogP contribution is 2.47. The minimum atomic E-state index is -0.866. The number of nitrogens with two attached hydrogens (primary N) is 1. The molecule has 2 aliphatic heterocycles. The van der Waals surface area contributed by atoms with E-state index in [9.17, 15) is 14.4 Å². The van der Waals surface area contributed by atoms with Crippen LogP contribution in [0.5, 0.6) is 0 Å². The Morgan fingerprint density at radius 1 is 1.03 bits per heavy atom. The molecule has 2 aromatic carbocycles. The topological polar surface area (TPSA) is 106 Å². The third-order valence-corrected chi connectivity index (χ3v) is 7.24. The summed E-state index contributed by atoms with van der Waals surface area (Å²) in [4.78, 5) is 41.7. The molecule has 0 unspecified atom stereocenters. The lowest BCUT2D eigenvalue weighted by Gasteiger charge is -2.39. The lowest BCUT2D eigenvalue weighted by molar-refractivity contribution is -0.153. The number of carbonyl (C=O) groups excluding carboxylic acids is 3. The van der Waals surface area contributed by atoms with Gasteiger partial charge < -0.3 is 24.7 Å². The van der Waals surface area contributed by atoms with Crippen molar-refractivity contribution in [3.63, 3.8) is 0 Å². The number of ether oxygens (including phenoxy) is 1. The molecule has 1 fully saturated rings. The molecule has 2 N–H and O–H groups in total. The van der Waals surface area contributed by atoms with Gasteiger partial charge in [0.15, 0.2) is 11.5 Å². The molecular formula is C30H29N3O5. The SMILES string of the molecule is CCOC(=O)C(=O)N1CC2(CCN(C(=O)c3ccc(C#Cc4ccccc4)o3)CC2)c2cc(CN)ccc21. The number of anilines is 1. The molecule has 0 aliphatic carbocycles. The molecule has 2 amide bonds. The summed E-state index contributed by atoms with van der Waals surface area (Å²) < 4.78 is 10.7. The summed E-state index contributed by atoms with van der Waals surface area (Å²) in [5.74, 6) is 4.93. The van der Waals surface area contributed by atoms with E-state index in [0.29, 0.717) is 50.5 Å². The summed E-state index contributed by atoms with van der Waals surface area (Å²) in [7, 11) is 0. The summed E-state index contributed by atoms with van der Waals surface area (Å²) in [6, 6.07) is 18.7. The standard InChI is InChI=1S/C30H29N3O5/c1-2-37-29(36)28(35)33-20-30(24-18-22(19-31)9-12-25(24)33)14-16-32(17-15-30)27(34)26-13-11-23(38-26)10-8-21-6-4-3-5-7-21/h3-7,9,11-13,18H,2,14-17,19-20,31H2,1H3. The van der Waals surface area contributed by atoms with E-state index in [2.05, 4.69) is 11.8 Å². The molecule has 0 saturated carbocycles. The van der Waals surface area contributed by atoms with Gasteiger partial charge in [-0.3, -0.25) is 9.59 Å². The number of carbonyl (C=O) groups is 3. The van der Waals surface area contributed by atoms with E-state index in [4.69, 9.17) is 14.9 Å². The number of nitrogens with zero attached hydrogens (tertiary/aromatic N) is 2. The number of fused-ring (bicyclic) bond motifs is 2. The second kappa shape index (κ2) is 10.6. The van der Waals surface area contributed by atoms with Crippen molar-refractivity contribution in [3.8, 4) is 11.8 Å². The highest BCUT2D eigenvalue weighted by molar-refractivity contribution is 6.38. The molecule has 5 rings (SSSR count). The van der Waals surface area contributed by atoms with Crippen LogP contribution in [-0.2, 0) is 26.3 Å². The molecule has 3 aromatic rings. The van der Waals surface area contributed by atoms with Crippen molar-refractivity contribution < 1.29 is 23.5 Å². The Labute approximate surface area is 221 Å². The number of hydrogen-bond donors (Lipinski definition) is 1. The third kappa shape index (κ3) is 4.81. The Balaban J connectivity index is 1.32. The fourth-order valence-corrected chi connectivity index (χ4v) is 5.22. The molecule has 8 nitrogen and oxygen atoms in total. The number of likely N-dealkylation sites (tertiary alicyclic amines) is 1. The molecule has 1 spiro atoms. The van der Waals surface area contributed by atoms with Crippen LogP contribution < -0.4 is 10.6 Å². The average molecular weight is 512 g/mol. The Kier molecular flexibility index (Phi) is 7.03. The van der Waals surface area contributed by atoms with Gasteiger partial charge in [-0.15, -0.1) is 0 Å². The number of benzene rings is 2. The highest BCUT2D eigenvalue weighted by Gasteiger charge is 2.48. The van der Waals surface area contributed by atoms with E-state index >= 15 is 0 Å². The van der Waals surface area contributed by atoms with Gasteiger partial charge in [0.05, 0.1) is 6.61 Å². The normalized spacial score (nSPS) is 15.5. The molecule has 3 heterocycles. The molecule has 0 atom stereocenters. The second-order valence-corrected chi connectivity index (χ2v) is 9.52. The minimum absolute atomic E-state index is 0.131. The van der Waals surface area contributed by atoms with Gasteiger partial charge in [0.25, 0.3) is 5.91 Å². The zero-order chi connectivity index (χ0) is 26.7. The van der Waals surface area contributed by atoms with Gasteiger partial charge in [0.1, 0.15) is 0 Å². The van der Waals surface area contributed by atoms with Crippen LogP contribution in [0.4, 0.5) is 5.69 Å². The first-order valence-electron chi connectivity index (χ1n) is 12.7. The summed E-state index contributed by atoms with van der Waals surface area (Å²) in [6.45, 7) is 3.50. The van der Waals surface area contributed by atoms with Crippen molar-refractivity contribution in [2.24, 2.45) is 5.73 Å². The number of rotatable bonds is 3. The Morgan fingerprint density at radius 3 is 2.50 bits per heavy atom. The summed E-state index contributed by atoms with van der Waals surface area (Å²) >= 11 is 0. The molecular weight excluding hydrogens is 482 g/mol. The van der Waals surface area contributed by atoms with Crippen LogP contribution in [0.1, 0.15) is 52.8 Å². The van der Waals surface area contributed by atoms with E-state index in [1.165, 1.54) is 4.90 Å². The van der Waals surface area contributed by atoms with Crippen LogP contribution in [0.25, 0.3) is 0 Å². The van der Waals surface area contributed by atoms with Gasteiger partial charge >= 0.3 is 11.9 Å². The fourth-order valence-electron chi connectivity index (χ4n) is 5.22. The van der Waals surface area contributed by atoms with Crippen molar-refractivity contribution in [2.75, 3.05) is 31.1 Å². The molecule has 0 radical (unpaired) electrons. The van der Waals surface area contributed by atoms with Gasteiger partial charge in [-0.1, -0.05) is 36.3 Å². The van der Waals surface area contributed by atoms with Gasteiger partial charge in [-0.05, 0) is 67.1 Å². The van der Waals surface area contributed by atoms with Gasteiger partial charge in [-0.2, -0.15) is 0 Å². The number of esters is 1. The van der Waals surface area contributed by atoms with Crippen LogP contribution in [0, 0.1) is 11.8 Å². The predicted molar refractivity (Wildman–Crippen MR) is 141 cm³/mol. The van der Waals surface area contributed by atoms with Crippen molar-refractivity contribution in [1.82, 2.24) is 4.90 Å². The van der Waals surface area contributed by atoms with Crippen LogP contribution in [0.15, 0.2) is 65.1 Å². The van der Waals surface area contributed by atoms with E-state index in [1.807, 2.05) is 48.5 Å². The molecule has 1 saturated heterocycles. The van der Waals surface area contributed by atoms with Crippen molar-refractivity contribution in [2.45, 2.75) is 31.7 Å². The van der Waals surface area contributed by atoms with Crippen molar-refractivity contribution in [1.29, 1.82) is 0 Å². The zero-order valence-corrected chi connectivity index (χ0v) is 21.2. The number of piperidine rings is 1. The van der Waals surface area contributed by atoms with Crippen molar-refractivity contribution >= 4 is 23.5 Å². The predicted octanol–water partition coefficient (Wildman–Crippen LogP) is 3.22. The lowest BCUT2D eigenvalue weighted by Crippen LogP contribution is -2.48. The highest BCUT2D eigenvalue weighted by atomic mass is 16.5. The van der Waals surface area contributed by atoms with Gasteiger partial charge in [-0.25, -0.2) is 4.79 Å². The largest absolute Gasteiger partial charge is 0.459 e. The summed E-state index contributed by atoms with van der Waals surface area (Å²) in [5, 5.41) is 0.